The van der Waals surface area contributed by atoms with Gasteiger partial charge in [-0.15, -0.1) is 0 Å². The van der Waals surface area contributed by atoms with E-state index in [1.165, 1.54) is 0 Å². The molecule has 1 aromatic rings. The molecule has 1 saturated carbocycles. The molecule has 1 fully saturated rings. The van der Waals surface area contributed by atoms with E-state index >= 15 is 0 Å². The van der Waals surface area contributed by atoms with E-state index < -0.39 is 0 Å². The van der Waals surface area contributed by atoms with Gasteiger partial charge >= 0.3 is 0 Å². The van der Waals surface area contributed by atoms with E-state index in [0.717, 1.165) is 37.0 Å². The predicted molar refractivity (Wildman–Crippen MR) is 79.4 cm³/mol. The Morgan fingerprint density at radius 2 is 2.05 bits per heavy atom. The number of hydrogen-bond acceptors (Lipinski definition) is 3. The molecule has 4 heteroatoms. The first kappa shape index (κ1) is 14.9. The minimum Gasteiger partial charge on any atom is -0.497 e. The Balaban J connectivity index is 2.03. The number of methoxy groups -OCH3 is 1. The number of nitrogens with zero attached hydrogens (tertiary/aromatic N) is 1. The van der Waals surface area contributed by atoms with E-state index in [1.807, 2.05) is 29.2 Å². The van der Waals surface area contributed by atoms with Crippen molar-refractivity contribution < 1.29 is 9.53 Å². The van der Waals surface area contributed by atoms with Gasteiger partial charge in [0, 0.05) is 12.6 Å². The molecular formula is C16H24N2O2. The fraction of sp³-hybridized carbons (Fsp3) is 0.562. The maximum atomic E-state index is 12.4. The van der Waals surface area contributed by atoms with Crippen LogP contribution in [0.3, 0.4) is 0 Å². The van der Waals surface area contributed by atoms with Crippen LogP contribution in [0.1, 0.15) is 38.2 Å². The summed E-state index contributed by atoms with van der Waals surface area (Å²) in [5, 5.41) is 0. The van der Waals surface area contributed by atoms with Gasteiger partial charge < -0.3 is 15.4 Å². The quantitative estimate of drug-likeness (QED) is 0.831. The lowest BCUT2D eigenvalue weighted by Crippen LogP contribution is -2.44. The van der Waals surface area contributed by atoms with Gasteiger partial charge in [0.05, 0.1) is 13.2 Å². The van der Waals surface area contributed by atoms with Crippen LogP contribution in [-0.2, 0) is 11.3 Å². The molecule has 1 atom stereocenters. The van der Waals surface area contributed by atoms with E-state index in [4.69, 9.17) is 10.5 Å². The Morgan fingerprint density at radius 3 is 2.55 bits per heavy atom. The number of carbonyl (C=O) groups is 1. The number of rotatable bonds is 7. The summed E-state index contributed by atoms with van der Waals surface area (Å²) in [6.45, 7) is 2.70. The van der Waals surface area contributed by atoms with Crippen molar-refractivity contribution >= 4 is 5.91 Å². The lowest BCUT2D eigenvalue weighted by Gasteiger charge is -2.25. The monoisotopic (exact) mass is 276 g/mol. The fourth-order valence-corrected chi connectivity index (χ4v) is 2.35. The van der Waals surface area contributed by atoms with Gasteiger partial charge in [-0.05, 0) is 37.0 Å². The third-order valence-electron chi connectivity index (χ3n) is 3.70. The molecule has 0 radical (unpaired) electrons. The number of benzene rings is 1. The summed E-state index contributed by atoms with van der Waals surface area (Å²) in [6, 6.07) is 7.89. The molecule has 2 rings (SSSR count). The standard InChI is InChI=1S/C16H24N2O2/c1-3-4-15(17)16(19)18(13-7-8-13)11-12-5-9-14(20-2)10-6-12/h5-6,9-10,13,15H,3-4,7-8,11,17H2,1-2H3/t15-/m1/s1. The molecule has 0 unspecified atom stereocenters. The van der Waals surface area contributed by atoms with Crippen LogP contribution in [0.15, 0.2) is 24.3 Å². The fourth-order valence-electron chi connectivity index (χ4n) is 2.35. The molecule has 110 valence electrons. The molecule has 1 aromatic carbocycles. The van der Waals surface area contributed by atoms with Crippen LogP contribution in [0.4, 0.5) is 0 Å². The lowest BCUT2D eigenvalue weighted by atomic mass is 10.1. The van der Waals surface area contributed by atoms with Crippen molar-refractivity contribution in [3.63, 3.8) is 0 Å². The van der Waals surface area contributed by atoms with Crippen LogP contribution in [-0.4, -0.2) is 30.0 Å². The van der Waals surface area contributed by atoms with Gasteiger partial charge in [-0.25, -0.2) is 0 Å². The average molecular weight is 276 g/mol. The van der Waals surface area contributed by atoms with Gasteiger partial charge in [0.1, 0.15) is 5.75 Å². The van der Waals surface area contributed by atoms with Crippen molar-refractivity contribution in [2.75, 3.05) is 7.11 Å². The maximum Gasteiger partial charge on any atom is 0.240 e. The summed E-state index contributed by atoms with van der Waals surface area (Å²) < 4.78 is 5.15. The third kappa shape index (κ3) is 3.73. The van der Waals surface area contributed by atoms with Gasteiger partial charge in [0.25, 0.3) is 0 Å². The van der Waals surface area contributed by atoms with Crippen molar-refractivity contribution in [3.8, 4) is 5.75 Å². The molecule has 0 heterocycles. The van der Waals surface area contributed by atoms with Crippen LogP contribution in [0.5, 0.6) is 5.75 Å². The molecule has 1 aliphatic carbocycles. The van der Waals surface area contributed by atoms with Gasteiger partial charge in [0.15, 0.2) is 0 Å². The summed E-state index contributed by atoms with van der Waals surface area (Å²) in [7, 11) is 1.65. The second-order valence-electron chi connectivity index (χ2n) is 5.44. The van der Waals surface area contributed by atoms with Crippen LogP contribution in [0, 0.1) is 0 Å². The number of amides is 1. The molecule has 0 spiro atoms. The number of ether oxygens (including phenoxy) is 1. The second-order valence-corrected chi connectivity index (χ2v) is 5.44. The SMILES string of the molecule is CCC[C@@H](N)C(=O)N(Cc1ccc(OC)cc1)C1CC1. The highest BCUT2D eigenvalue weighted by Crippen LogP contribution is 2.29. The van der Waals surface area contributed by atoms with E-state index in [-0.39, 0.29) is 11.9 Å². The molecule has 1 amide bonds. The third-order valence-corrected chi connectivity index (χ3v) is 3.70. The van der Waals surface area contributed by atoms with E-state index in [2.05, 4.69) is 6.92 Å². The smallest absolute Gasteiger partial charge is 0.240 e. The highest BCUT2D eigenvalue weighted by atomic mass is 16.5. The van der Waals surface area contributed by atoms with Gasteiger partial charge in [-0.3, -0.25) is 4.79 Å². The molecule has 20 heavy (non-hydrogen) atoms. The maximum absolute atomic E-state index is 12.4. The summed E-state index contributed by atoms with van der Waals surface area (Å²) in [5.41, 5.74) is 7.10. The van der Waals surface area contributed by atoms with Crippen molar-refractivity contribution in [1.82, 2.24) is 4.90 Å². The zero-order valence-corrected chi connectivity index (χ0v) is 12.3. The topological polar surface area (TPSA) is 55.6 Å². The largest absolute Gasteiger partial charge is 0.497 e. The molecule has 0 aromatic heterocycles. The molecular weight excluding hydrogens is 252 g/mol. The molecule has 1 aliphatic rings. The summed E-state index contributed by atoms with van der Waals surface area (Å²) >= 11 is 0. The highest BCUT2D eigenvalue weighted by molar-refractivity contribution is 5.82. The average Bonchev–Trinajstić information content (AvgIpc) is 3.29. The first-order chi connectivity index (χ1) is 9.65. The van der Waals surface area contributed by atoms with E-state index in [0.29, 0.717) is 12.6 Å². The number of carbonyl (C=O) groups excluding carboxylic acids is 1. The van der Waals surface area contributed by atoms with Gasteiger partial charge in [0.2, 0.25) is 5.91 Å². The highest BCUT2D eigenvalue weighted by Gasteiger charge is 2.34. The number of hydrogen-bond donors (Lipinski definition) is 1. The van der Waals surface area contributed by atoms with Crippen LogP contribution in [0.2, 0.25) is 0 Å². The lowest BCUT2D eigenvalue weighted by molar-refractivity contribution is -0.134. The normalized spacial score (nSPS) is 15.8. The molecule has 0 aliphatic heterocycles. The second kappa shape index (κ2) is 6.75. The molecule has 0 saturated heterocycles. The first-order valence-corrected chi connectivity index (χ1v) is 7.34. The minimum atomic E-state index is -0.362. The Bertz CT molecular complexity index is 440. The van der Waals surface area contributed by atoms with Gasteiger partial charge in [-0.2, -0.15) is 0 Å². The van der Waals surface area contributed by atoms with Crippen molar-refractivity contribution in [3.05, 3.63) is 29.8 Å². The first-order valence-electron chi connectivity index (χ1n) is 7.34. The van der Waals surface area contributed by atoms with Gasteiger partial charge in [-0.1, -0.05) is 25.5 Å². The summed E-state index contributed by atoms with van der Waals surface area (Å²) in [5.74, 6) is 0.922. The Morgan fingerprint density at radius 1 is 1.40 bits per heavy atom. The molecule has 0 bridgehead atoms. The van der Waals surface area contributed by atoms with E-state index in [1.54, 1.807) is 7.11 Å². The zero-order valence-electron chi connectivity index (χ0n) is 12.3. The summed E-state index contributed by atoms with van der Waals surface area (Å²) in [6.07, 6.45) is 3.89. The minimum absolute atomic E-state index is 0.0881. The Kier molecular flexibility index (Phi) is 5.01. The summed E-state index contributed by atoms with van der Waals surface area (Å²) in [4.78, 5) is 14.4. The van der Waals surface area contributed by atoms with Crippen LogP contribution < -0.4 is 10.5 Å². The van der Waals surface area contributed by atoms with Crippen molar-refractivity contribution in [2.24, 2.45) is 5.73 Å². The van der Waals surface area contributed by atoms with Crippen LogP contribution >= 0.6 is 0 Å². The molecule has 2 N–H and O–H groups in total. The predicted octanol–water partition coefficient (Wildman–Crippen LogP) is 2.31. The number of nitrogens with two attached hydrogens (primary N) is 1. The van der Waals surface area contributed by atoms with Crippen molar-refractivity contribution in [2.45, 2.75) is 51.2 Å². The Hall–Kier alpha value is -1.55. The van der Waals surface area contributed by atoms with E-state index in [9.17, 15) is 4.79 Å². The zero-order chi connectivity index (χ0) is 14.5. The Labute approximate surface area is 120 Å². The van der Waals surface area contributed by atoms with Crippen LogP contribution in [0.25, 0.3) is 0 Å². The molecule has 4 nitrogen and oxygen atoms in total. The van der Waals surface area contributed by atoms with Crippen molar-refractivity contribution in [1.29, 1.82) is 0 Å².